The number of halogens is 1. The molecule has 0 saturated heterocycles. The van der Waals surface area contributed by atoms with E-state index in [2.05, 4.69) is 35.7 Å². The van der Waals surface area contributed by atoms with Gasteiger partial charge in [0, 0.05) is 22.5 Å². The second-order valence-electron chi connectivity index (χ2n) is 8.10. The molecule has 2 aromatic heterocycles. The lowest BCUT2D eigenvalue weighted by molar-refractivity contribution is 0.210. The van der Waals surface area contributed by atoms with Gasteiger partial charge < -0.3 is 10.2 Å². The zero-order valence-electron chi connectivity index (χ0n) is 17.7. The molecule has 31 heavy (non-hydrogen) atoms. The summed E-state index contributed by atoms with van der Waals surface area (Å²) in [7, 11) is 1.58. The molecule has 0 saturated carbocycles. The summed E-state index contributed by atoms with van der Waals surface area (Å²) >= 11 is 9.40. The highest BCUT2D eigenvalue weighted by Gasteiger charge is 2.36. The lowest BCUT2D eigenvalue weighted by Crippen LogP contribution is -2.27. The Labute approximate surface area is 194 Å². The number of oxime groups is 1. The van der Waals surface area contributed by atoms with Crippen LogP contribution in [0.25, 0.3) is 10.6 Å². The van der Waals surface area contributed by atoms with Crippen molar-refractivity contribution in [3.8, 4) is 10.6 Å². The number of fused-ring (bicyclic) bond motifs is 1. The van der Waals surface area contributed by atoms with E-state index in [4.69, 9.17) is 16.4 Å². The predicted octanol–water partition coefficient (Wildman–Crippen LogP) is 6.39. The first kappa shape index (κ1) is 21.9. The summed E-state index contributed by atoms with van der Waals surface area (Å²) in [6.45, 7) is 4.47. The van der Waals surface area contributed by atoms with Gasteiger partial charge in [0.05, 0.1) is 14.8 Å². The Kier molecular flexibility index (Phi) is 6.14. The van der Waals surface area contributed by atoms with E-state index in [0.717, 1.165) is 34.7 Å². The molecule has 0 unspecified atom stereocenters. The fourth-order valence-corrected chi connectivity index (χ4v) is 6.09. The lowest BCUT2D eigenvalue weighted by atomic mass is 9.74. The molecule has 4 rings (SSSR count). The Morgan fingerprint density at radius 1 is 1.35 bits per heavy atom. The molecule has 6 nitrogen and oxygen atoms in total. The van der Waals surface area contributed by atoms with E-state index in [1.54, 1.807) is 60.7 Å². The smallest absolute Gasteiger partial charge is 0.346 e. The number of aromatic nitrogens is 2. The van der Waals surface area contributed by atoms with E-state index < -0.39 is 0 Å². The van der Waals surface area contributed by atoms with Crippen molar-refractivity contribution in [2.24, 2.45) is 10.6 Å². The number of carbonyl (C=O) groups excluding carboxylic acids is 1. The first-order valence-corrected chi connectivity index (χ1v) is 12.2. The molecule has 1 aliphatic carbocycles. The molecule has 0 aliphatic heterocycles. The van der Waals surface area contributed by atoms with Crippen LogP contribution in [0.2, 0.25) is 5.02 Å². The highest BCUT2D eigenvalue weighted by Crippen LogP contribution is 2.48. The average Bonchev–Trinajstić information content (AvgIpc) is 3.32. The summed E-state index contributed by atoms with van der Waals surface area (Å²) in [5.41, 5.74) is 4.81. The zero-order chi connectivity index (χ0) is 22.2. The summed E-state index contributed by atoms with van der Waals surface area (Å²) in [5, 5.41) is 12.3. The maximum atomic E-state index is 12.7. The number of rotatable bonds is 4. The summed E-state index contributed by atoms with van der Waals surface area (Å²) in [6.07, 6.45) is 5.52. The van der Waals surface area contributed by atoms with Crippen LogP contribution in [0.3, 0.4) is 0 Å². The number of thioether (sulfide) groups is 1. The van der Waals surface area contributed by atoms with Gasteiger partial charge >= 0.3 is 6.03 Å². The SMILES string of the molecule is CO/N=C1\CC(C)(C)Cc2c(-c3ccn(C(=O)Nc4cccc(Cl)c4)n3)sc(SC)c21. The van der Waals surface area contributed by atoms with Gasteiger partial charge in [-0.15, -0.1) is 23.1 Å². The third kappa shape index (κ3) is 4.51. The summed E-state index contributed by atoms with van der Waals surface area (Å²) < 4.78 is 2.51. The Balaban J connectivity index is 1.69. The zero-order valence-corrected chi connectivity index (χ0v) is 20.1. The first-order chi connectivity index (χ1) is 14.8. The fourth-order valence-electron chi connectivity index (χ4n) is 3.83. The van der Waals surface area contributed by atoms with Gasteiger partial charge in [0.2, 0.25) is 0 Å². The van der Waals surface area contributed by atoms with Crippen LogP contribution in [-0.4, -0.2) is 34.9 Å². The van der Waals surface area contributed by atoms with Crippen LogP contribution in [0.15, 0.2) is 45.9 Å². The molecule has 0 atom stereocenters. The van der Waals surface area contributed by atoms with Crippen molar-refractivity contribution in [2.75, 3.05) is 18.7 Å². The van der Waals surface area contributed by atoms with Crippen molar-refractivity contribution in [1.82, 2.24) is 9.78 Å². The number of carbonyl (C=O) groups is 1. The standard InChI is InChI=1S/C22H23ClN4O2S2/c1-22(2)11-15-18(17(12-22)26-29-3)20(30-4)31-19(15)16-8-9-27(25-16)21(28)24-14-7-5-6-13(23)10-14/h5-10H,11-12H2,1-4H3,(H,24,28)/b26-17+. The van der Waals surface area contributed by atoms with Crippen LogP contribution < -0.4 is 5.32 Å². The second-order valence-corrected chi connectivity index (χ2v) is 10.6. The quantitative estimate of drug-likeness (QED) is 0.351. The average molecular weight is 475 g/mol. The van der Waals surface area contributed by atoms with Crippen LogP contribution in [0.4, 0.5) is 10.5 Å². The van der Waals surface area contributed by atoms with Crippen LogP contribution in [-0.2, 0) is 11.3 Å². The summed E-state index contributed by atoms with van der Waals surface area (Å²) in [5.74, 6) is 0. The summed E-state index contributed by atoms with van der Waals surface area (Å²) in [4.78, 5) is 18.9. The molecule has 0 bridgehead atoms. The van der Waals surface area contributed by atoms with Crippen molar-refractivity contribution < 1.29 is 9.63 Å². The minimum atomic E-state index is -0.342. The van der Waals surface area contributed by atoms with Crippen LogP contribution in [0, 0.1) is 5.41 Å². The predicted molar refractivity (Wildman–Crippen MR) is 129 cm³/mol. The third-order valence-electron chi connectivity index (χ3n) is 5.06. The maximum absolute atomic E-state index is 12.7. The number of thiophene rings is 1. The van der Waals surface area contributed by atoms with Gasteiger partial charge in [0.15, 0.2) is 0 Å². The highest BCUT2D eigenvalue weighted by molar-refractivity contribution is 8.00. The maximum Gasteiger partial charge on any atom is 0.346 e. The molecular weight excluding hydrogens is 452 g/mol. The van der Waals surface area contributed by atoms with E-state index in [-0.39, 0.29) is 11.4 Å². The molecule has 3 aromatic rings. The van der Waals surface area contributed by atoms with Crippen LogP contribution in [0.1, 0.15) is 31.4 Å². The number of amides is 1. The largest absolute Gasteiger partial charge is 0.399 e. The van der Waals surface area contributed by atoms with Gasteiger partial charge in [0.25, 0.3) is 0 Å². The van der Waals surface area contributed by atoms with Gasteiger partial charge in [-0.25, -0.2) is 4.79 Å². The summed E-state index contributed by atoms with van der Waals surface area (Å²) in [6, 6.07) is 8.56. The van der Waals surface area contributed by atoms with Crippen molar-refractivity contribution in [3.63, 3.8) is 0 Å². The molecular formula is C22H23ClN4O2S2. The molecule has 1 aromatic carbocycles. The lowest BCUT2D eigenvalue weighted by Gasteiger charge is -2.31. The Bertz CT molecular complexity index is 1170. The molecule has 162 valence electrons. The van der Waals surface area contributed by atoms with Crippen molar-refractivity contribution >= 4 is 52.1 Å². The van der Waals surface area contributed by atoms with E-state index >= 15 is 0 Å². The van der Waals surface area contributed by atoms with Crippen LogP contribution >= 0.6 is 34.7 Å². The van der Waals surface area contributed by atoms with E-state index in [1.165, 1.54) is 14.5 Å². The highest BCUT2D eigenvalue weighted by atomic mass is 35.5. The molecule has 1 N–H and O–H groups in total. The molecule has 0 fully saturated rings. The number of hydrogen-bond acceptors (Lipinski definition) is 6. The molecule has 0 spiro atoms. The van der Waals surface area contributed by atoms with Crippen molar-refractivity contribution in [3.05, 3.63) is 52.7 Å². The third-order valence-corrected chi connectivity index (χ3v) is 7.67. The van der Waals surface area contributed by atoms with E-state index in [9.17, 15) is 4.79 Å². The second kappa shape index (κ2) is 8.68. The molecule has 1 aliphatic rings. The minimum Gasteiger partial charge on any atom is -0.399 e. The van der Waals surface area contributed by atoms with Gasteiger partial charge in [-0.3, -0.25) is 0 Å². The Morgan fingerprint density at radius 2 is 2.16 bits per heavy atom. The fraction of sp³-hybridized carbons (Fsp3) is 0.318. The topological polar surface area (TPSA) is 68.5 Å². The van der Waals surface area contributed by atoms with Crippen molar-refractivity contribution in [2.45, 2.75) is 30.9 Å². The van der Waals surface area contributed by atoms with Gasteiger partial charge in [-0.2, -0.15) is 9.78 Å². The number of hydrogen-bond donors (Lipinski definition) is 1. The molecule has 2 heterocycles. The van der Waals surface area contributed by atoms with Gasteiger partial charge in [-0.05, 0) is 54.3 Å². The Morgan fingerprint density at radius 3 is 2.87 bits per heavy atom. The Hall–Kier alpha value is -2.29. The molecule has 1 amide bonds. The van der Waals surface area contributed by atoms with Gasteiger partial charge in [-0.1, -0.05) is 36.7 Å². The minimum absolute atomic E-state index is 0.0579. The van der Waals surface area contributed by atoms with Gasteiger partial charge in [0.1, 0.15) is 12.8 Å². The normalized spacial score (nSPS) is 16.2. The van der Waals surface area contributed by atoms with Crippen molar-refractivity contribution in [1.29, 1.82) is 0 Å². The monoisotopic (exact) mass is 474 g/mol. The number of anilines is 1. The number of benzene rings is 1. The van der Waals surface area contributed by atoms with Crippen LogP contribution in [0.5, 0.6) is 0 Å². The number of nitrogens with one attached hydrogen (secondary N) is 1. The van der Waals surface area contributed by atoms with E-state index in [1.807, 2.05) is 6.07 Å². The molecule has 9 heteroatoms. The first-order valence-electron chi connectivity index (χ1n) is 9.74. The number of nitrogens with zero attached hydrogens (tertiary/aromatic N) is 3. The molecule has 0 radical (unpaired) electrons. The van der Waals surface area contributed by atoms with E-state index in [0.29, 0.717) is 10.7 Å².